The number of carbonyl (C=O) groups excluding carboxylic acids is 2. The van der Waals surface area contributed by atoms with Crippen LogP contribution in [0.2, 0.25) is 0 Å². The molecule has 3 aromatic carbocycles. The molecule has 12 heteroatoms. The normalized spacial score (nSPS) is 12.1. The van der Waals surface area contributed by atoms with Crippen molar-refractivity contribution in [3.8, 4) is 23.0 Å². The minimum Gasteiger partial charge on any atom is -0.497 e. The monoisotopic (exact) mass is 655 g/mol. The van der Waals surface area contributed by atoms with Gasteiger partial charge < -0.3 is 29.2 Å². The molecule has 0 aromatic heterocycles. The molecule has 0 fully saturated rings. The first-order valence-corrected chi connectivity index (χ1v) is 16.4. The van der Waals surface area contributed by atoms with E-state index in [0.717, 1.165) is 9.87 Å². The van der Waals surface area contributed by atoms with Gasteiger partial charge in [0.25, 0.3) is 10.0 Å². The van der Waals surface area contributed by atoms with Crippen LogP contribution in [0.15, 0.2) is 71.6 Å². The standard InChI is InChI=1S/C34H45N3O8S/c1-9-27(33(39)35-34(2,3)4)36(20-19-24-13-11-10-12-14-24)32(38)23-37(28-21-25(42-5)15-17-29(28)43-6)46(40,41)26-16-18-30(44-7)31(22-26)45-8/h10-18,21-22,27H,9,19-20,23H2,1-8H3,(H,35,39). The fourth-order valence-electron chi connectivity index (χ4n) is 4.96. The Hall–Kier alpha value is -4.45. The minimum absolute atomic E-state index is 0.0835. The van der Waals surface area contributed by atoms with Crippen molar-refractivity contribution in [3.05, 3.63) is 72.3 Å². The van der Waals surface area contributed by atoms with Crippen LogP contribution in [0.3, 0.4) is 0 Å². The molecule has 1 N–H and O–H groups in total. The minimum atomic E-state index is -4.43. The predicted molar refractivity (Wildman–Crippen MR) is 177 cm³/mol. The van der Waals surface area contributed by atoms with Gasteiger partial charge in [0.05, 0.1) is 39.0 Å². The summed E-state index contributed by atoms with van der Waals surface area (Å²) in [7, 11) is 1.28. The maximum absolute atomic E-state index is 14.4. The number of rotatable bonds is 15. The van der Waals surface area contributed by atoms with Crippen LogP contribution in [-0.2, 0) is 26.0 Å². The molecular formula is C34H45N3O8S. The highest BCUT2D eigenvalue weighted by Gasteiger charge is 2.36. The molecule has 0 bridgehead atoms. The smallest absolute Gasteiger partial charge is 0.265 e. The molecule has 1 unspecified atom stereocenters. The predicted octanol–water partition coefficient (Wildman–Crippen LogP) is 4.68. The molecule has 0 aliphatic heterocycles. The number of benzene rings is 3. The summed E-state index contributed by atoms with van der Waals surface area (Å²) in [4.78, 5) is 29.2. The highest BCUT2D eigenvalue weighted by Crippen LogP contribution is 2.37. The summed E-state index contributed by atoms with van der Waals surface area (Å²) in [6.07, 6.45) is 0.768. The van der Waals surface area contributed by atoms with Crippen molar-refractivity contribution in [2.24, 2.45) is 0 Å². The highest BCUT2D eigenvalue weighted by molar-refractivity contribution is 7.92. The first-order valence-electron chi connectivity index (χ1n) is 14.9. The van der Waals surface area contributed by atoms with E-state index in [-0.39, 0.29) is 34.5 Å². The quantitative estimate of drug-likeness (QED) is 0.251. The average Bonchev–Trinajstić information content (AvgIpc) is 3.04. The van der Waals surface area contributed by atoms with Gasteiger partial charge in [-0.3, -0.25) is 13.9 Å². The lowest BCUT2D eigenvalue weighted by Crippen LogP contribution is -2.56. The van der Waals surface area contributed by atoms with Crippen LogP contribution in [0, 0.1) is 0 Å². The van der Waals surface area contributed by atoms with Crippen molar-refractivity contribution >= 4 is 27.5 Å². The van der Waals surface area contributed by atoms with Crippen LogP contribution in [0.25, 0.3) is 0 Å². The molecule has 46 heavy (non-hydrogen) atoms. The molecule has 0 saturated carbocycles. The molecule has 0 radical (unpaired) electrons. The van der Waals surface area contributed by atoms with Gasteiger partial charge in [-0.05, 0) is 63.4 Å². The fourth-order valence-corrected chi connectivity index (χ4v) is 6.39. The number of nitrogens with zero attached hydrogens (tertiary/aromatic N) is 2. The first kappa shape index (κ1) is 36.0. The Morgan fingerprint density at radius 3 is 2.02 bits per heavy atom. The largest absolute Gasteiger partial charge is 0.497 e. The summed E-state index contributed by atoms with van der Waals surface area (Å²) in [5.74, 6) is 0.191. The van der Waals surface area contributed by atoms with Gasteiger partial charge in [0.1, 0.15) is 24.1 Å². The molecule has 0 aliphatic rings. The third kappa shape index (κ3) is 8.84. The number of nitrogens with one attached hydrogen (secondary N) is 1. The molecule has 0 saturated heterocycles. The Labute approximate surface area is 272 Å². The molecule has 0 spiro atoms. The Kier molecular flexibility index (Phi) is 12.3. The maximum atomic E-state index is 14.4. The second-order valence-electron chi connectivity index (χ2n) is 11.6. The van der Waals surface area contributed by atoms with Crippen LogP contribution in [0.5, 0.6) is 23.0 Å². The molecule has 250 valence electrons. The second-order valence-corrected chi connectivity index (χ2v) is 13.4. The highest BCUT2D eigenvalue weighted by atomic mass is 32.2. The van der Waals surface area contributed by atoms with E-state index < -0.39 is 34.1 Å². The maximum Gasteiger partial charge on any atom is 0.265 e. The molecule has 3 aromatic rings. The zero-order valence-corrected chi connectivity index (χ0v) is 28.6. The molecule has 3 rings (SSSR count). The summed E-state index contributed by atoms with van der Waals surface area (Å²) in [5, 5.41) is 2.97. The van der Waals surface area contributed by atoms with E-state index in [4.69, 9.17) is 18.9 Å². The Bertz CT molecular complexity index is 1590. The Morgan fingerprint density at radius 1 is 0.826 bits per heavy atom. The second kappa shape index (κ2) is 15.7. The summed E-state index contributed by atoms with van der Waals surface area (Å²) < 4.78 is 51.5. The van der Waals surface area contributed by atoms with Crippen LogP contribution in [0.1, 0.15) is 39.7 Å². The van der Waals surface area contributed by atoms with Crippen molar-refractivity contribution in [2.45, 2.75) is 57.0 Å². The van der Waals surface area contributed by atoms with Gasteiger partial charge >= 0.3 is 0 Å². The topological polar surface area (TPSA) is 124 Å². The Balaban J connectivity index is 2.16. The van der Waals surface area contributed by atoms with E-state index in [9.17, 15) is 18.0 Å². The molecule has 11 nitrogen and oxygen atoms in total. The lowest BCUT2D eigenvalue weighted by molar-refractivity contribution is -0.140. The van der Waals surface area contributed by atoms with Gasteiger partial charge in [-0.25, -0.2) is 8.42 Å². The van der Waals surface area contributed by atoms with E-state index in [2.05, 4.69) is 5.32 Å². The van der Waals surface area contributed by atoms with Gasteiger partial charge in [0.2, 0.25) is 11.8 Å². The number of carbonyl (C=O) groups is 2. The number of methoxy groups -OCH3 is 4. The molecule has 0 aliphatic carbocycles. The van der Waals surface area contributed by atoms with Crippen molar-refractivity contribution in [3.63, 3.8) is 0 Å². The molecule has 2 amide bonds. The van der Waals surface area contributed by atoms with E-state index in [1.165, 1.54) is 57.6 Å². The number of anilines is 1. The lowest BCUT2D eigenvalue weighted by atomic mass is 10.1. The van der Waals surface area contributed by atoms with Crippen molar-refractivity contribution < 1.29 is 37.0 Å². The van der Waals surface area contributed by atoms with Crippen LogP contribution < -0.4 is 28.6 Å². The van der Waals surface area contributed by atoms with E-state index in [1.807, 2.05) is 58.0 Å². The Morgan fingerprint density at radius 2 is 1.46 bits per heavy atom. The van der Waals surface area contributed by atoms with Crippen LogP contribution in [-0.4, -0.2) is 78.2 Å². The van der Waals surface area contributed by atoms with Crippen LogP contribution in [0.4, 0.5) is 5.69 Å². The molecule has 1 atom stereocenters. The zero-order chi connectivity index (χ0) is 34.1. The number of hydrogen-bond acceptors (Lipinski definition) is 8. The summed E-state index contributed by atoms with van der Waals surface area (Å²) in [6.45, 7) is 6.95. The molecule has 0 heterocycles. The average molecular weight is 656 g/mol. The molecular weight excluding hydrogens is 610 g/mol. The first-order chi connectivity index (χ1) is 21.8. The van der Waals surface area contributed by atoms with Crippen LogP contribution >= 0.6 is 0 Å². The van der Waals surface area contributed by atoms with E-state index in [0.29, 0.717) is 24.3 Å². The van der Waals surface area contributed by atoms with Crippen molar-refractivity contribution in [1.82, 2.24) is 10.2 Å². The van der Waals surface area contributed by atoms with Gasteiger partial charge in [-0.2, -0.15) is 0 Å². The fraction of sp³-hybridized carbons (Fsp3) is 0.412. The van der Waals surface area contributed by atoms with E-state index >= 15 is 0 Å². The van der Waals surface area contributed by atoms with Gasteiger partial charge in [0, 0.05) is 24.2 Å². The third-order valence-corrected chi connectivity index (χ3v) is 9.00. The summed E-state index contributed by atoms with van der Waals surface area (Å²) >= 11 is 0. The number of amides is 2. The summed E-state index contributed by atoms with van der Waals surface area (Å²) in [5.41, 5.74) is 0.505. The zero-order valence-electron chi connectivity index (χ0n) is 27.8. The van der Waals surface area contributed by atoms with Gasteiger partial charge in [0.15, 0.2) is 11.5 Å². The third-order valence-electron chi connectivity index (χ3n) is 7.24. The van der Waals surface area contributed by atoms with Crippen molar-refractivity contribution in [1.29, 1.82) is 0 Å². The van der Waals surface area contributed by atoms with Crippen molar-refractivity contribution in [2.75, 3.05) is 45.8 Å². The summed E-state index contributed by atoms with van der Waals surface area (Å²) in [6, 6.07) is 17.6. The number of ether oxygens (including phenoxy) is 4. The SMILES string of the molecule is CCC(C(=O)NC(C)(C)C)N(CCc1ccccc1)C(=O)CN(c1cc(OC)ccc1OC)S(=O)(=O)c1ccc(OC)c(OC)c1. The van der Waals surface area contributed by atoms with E-state index in [1.54, 1.807) is 12.1 Å². The number of hydrogen-bond donors (Lipinski definition) is 1. The lowest BCUT2D eigenvalue weighted by Gasteiger charge is -2.35. The van der Waals surface area contributed by atoms with Gasteiger partial charge in [-0.1, -0.05) is 37.3 Å². The van der Waals surface area contributed by atoms with Gasteiger partial charge in [-0.15, -0.1) is 0 Å². The number of sulfonamides is 1.